The van der Waals surface area contributed by atoms with Crippen LogP contribution < -0.4 is 4.74 Å². The Morgan fingerprint density at radius 3 is 2.85 bits per heavy atom. The number of methoxy groups -OCH3 is 1. The average Bonchev–Trinajstić information content (AvgIpc) is 2.04. The van der Waals surface area contributed by atoms with Crippen LogP contribution in [0.15, 0.2) is 24.3 Å². The second-order valence-electron chi connectivity index (χ2n) is 2.84. The van der Waals surface area contributed by atoms with Gasteiger partial charge in [-0.3, -0.25) is 0 Å². The van der Waals surface area contributed by atoms with Gasteiger partial charge in [-0.1, -0.05) is 6.07 Å². The van der Waals surface area contributed by atoms with Crippen molar-refractivity contribution in [2.75, 3.05) is 13.7 Å². The van der Waals surface area contributed by atoms with Crippen molar-refractivity contribution in [1.82, 2.24) is 0 Å². The summed E-state index contributed by atoms with van der Waals surface area (Å²) < 4.78 is 23.0. The lowest BCUT2D eigenvalue weighted by atomic mass is 10.3. The van der Waals surface area contributed by atoms with Crippen LogP contribution in [-0.2, 0) is 4.74 Å². The molecule has 1 aromatic carbocycles. The molecule has 0 heterocycles. The Balaban J connectivity index is 2.53. The van der Waals surface area contributed by atoms with Crippen molar-refractivity contribution in [3.8, 4) is 5.75 Å². The molecular weight excluding hydrogens is 171 g/mol. The fraction of sp³-hybridized carbons (Fsp3) is 0.400. The van der Waals surface area contributed by atoms with E-state index in [2.05, 4.69) is 0 Å². The van der Waals surface area contributed by atoms with Crippen LogP contribution >= 0.6 is 0 Å². The summed E-state index contributed by atoms with van der Waals surface area (Å²) in [6, 6.07) is 6.07. The van der Waals surface area contributed by atoms with Crippen molar-refractivity contribution >= 4 is 0 Å². The average molecular weight is 184 g/mol. The fourth-order valence-corrected chi connectivity index (χ4v) is 1.04. The van der Waals surface area contributed by atoms with Crippen molar-refractivity contribution < 1.29 is 13.9 Å². The number of halogens is 1. The first-order valence-corrected chi connectivity index (χ1v) is 4.13. The molecule has 0 amide bonds. The summed E-state index contributed by atoms with van der Waals surface area (Å²) in [6.45, 7) is 2.37. The lowest BCUT2D eigenvalue weighted by Crippen LogP contribution is -2.17. The molecular formula is C10H13FO2. The zero-order valence-corrected chi connectivity index (χ0v) is 7.79. The molecule has 2 nitrogen and oxygen atoms in total. The second-order valence-corrected chi connectivity index (χ2v) is 2.84. The lowest BCUT2D eigenvalue weighted by molar-refractivity contribution is 0.0918. The maximum absolute atomic E-state index is 12.7. The Bertz CT molecular complexity index is 263. The minimum atomic E-state index is -0.290. The third-order valence-corrected chi connectivity index (χ3v) is 1.53. The van der Waals surface area contributed by atoms with Crippen LogP contribution in [0.2, 0.25) is 0 Å². The van der Waals surface area contributed by atoms with Crippen LogP contribution in [0, 0.1) is 5.82 Å². The Morgan fingerprint density at radius 1 is 1.46 bits per heavy atom. The summed E-state index contributed by atoms with van der Waals surface area (Å²) in [5, 5.41) is 0. The van der Waals surface area contributed by atoms with E-state index in [9.17, 15) is 4.39 Å². The maximum atomic E-state index is 12.7. The van der Waals surface area contributed by atoms with E-state index in [-0.39, 0.29) is 11.9 Å². The Hall–Kier alpha value is -1.09. The zero-order valence-electron chi connectivity index (χ0n) is 7.79. The quantitative estimate of drug-likeness (QED) is 0.714. The van der Waals surface area contributed by atoms with Crippen LogP contribution in [-0.4, -0.2) is 19.8 Å². The normalized spacial score (nSPS) is 12.5. The highest BCUT2D eigenvalue weighted by Gasteiger charge is 2.03. The topological polar surface area (TPSA) is 18.5 Å². The molecule has 13 heavy (non-hydrogen) atoms. The van der Waals surface area contributed by atoms with Crippen molar-refractivity contribution in [3.05, 3.63) is 30.1 Å². The molecule has 0 aliphatic carbocycles. The van der Waals surface area contributed by atoms with Crippen LogP contribution in [0.4, 0.5) is 4.39 Å². The fourth-order valence-electron chi connectivity index (χ4n) is 1.04. The molecule has 72 valence electrons. The van der Waals surface area contributed by atoms with Gasteiger partial charge < -0.3 is 9.47 Å². The summed E-state index contributed by atoms with van der Waals surface area (Å²) in [5.41, 5.74) is 0. The SMILES string of the molecule is COCC(C)Oc1cccc(F)c1. The van der Waals surface area contributed by atoms with Gasteiger partial charge in [-0.2, -0.15) is 0 Å². The first kappa shape index (κ1) is 9.99. The van der Waals surface area contributed by atoms with Crippen molar-refractivity contribution in [2.24, 2.45) is 0 Å². The summed E-state index contributed by atoms with van der Waals surface area (Å²) in [4.78, 5) is 0. The summed E-state index contributed by atoms with van der Waals surface area (Å²) in [5.74, 6) is 0.242. The third-order valence-electron chi connectivity index (χ3n) is 1.53. The molecule has 1 rings (SSSR count). The molecule has 0 aromatic heterocycles. The maximum Gasteiger partial charge on any atom is 0.126 e. The predicted octanol–water partition coefficient (Wildman–Crippen LogP) is 2.24. The van der Waals surface area contributed by atoms with Crippen LogP contribution in [0.5, 0.6) is 5.75 Å². The van der Waals surface area contributed by atoms with Crippen molar-refractivity contribution in [2.45, 2.75) is 13.0 Å². The van der Waals surface area contributed by atoms with Gasteiger partial charge in [0.25, 0.3) is 0 Å². The lowest BCUT2D eigenvalue weighted by Gasteiger charge is -2.13. The van der Waals surface area contributed by atoms with Gasteiger partial charge in [0.05, 0.1) is 6.61 Å². The smallest absolute Gasteiger partial charge is 0.126 e. The molecule has 0 saturated carbocycles. The molecule has 1 atom stereocenters. The van der Waals surface area contributed by atoms with E-state index < -0.39 is 0 Å². The minimum absolute atomic E-state index is 0.0631. The first-order valence-electron chi connectivity index (χ1n) is 4.13. The predicted molar refractivity (Wildman–Crippen MR) is 48.4 cm³/mol. The molecule has 0 spiro atoms. The van der Waals surface area contributed by atoms with Gasteiger partial charge >= 0.3 is 0 Å². The molecule has 0 N–H and O–H groups in total. The van der Waals surface area contributed by atoms with Gasteiger partial charge in [-0.15, -0.1) is 0 Å². The first-order chi connectivity index (χ1) is 6.22. The van der Waals surface area contributed by atoms with Crippen LogP contribution in [0.25, 0.3) is 0 Å². The van der Waals surface area contributed by atoms with E-state index in [1.54, 1.807) is 19.2 Å². The highest BCUT2D eigenvalue weighted by molar-refractivity contribution is 5.22. The highest BCUT2D eigenvalue weighted by Crippen LogP contribution is 2.13. The standard InChI is InChI=1S/C10H13FO2/c1-8(7-12-2)13-10-5-3-4-9(11)6-10/h3-6,8H,7H2,1-2H3. The van der Waals surface area contributed by atoms with Gasteiger partial charge in [0.2, 0.25) is 0 Å². The summed E-state index contributed by atoms with van der Waals surface area (Å²) in [7, 11) is 1.60. The molecule has 0 bridgehead atoms. The van der Waals surface area contributed by atoms with Gasteiger partial charge in [0.1, 0.15) is 17.7 Å². The Labute approximate surface area is 77.3 Å². The van der Waals surface area contributed by atoms with E-state index in [0.717, 1.165) is 0 Å². The van der Waals surface area contributed by atoms with E-state index >= 15 is 0 Å². The van der Waals surface area contributed by atoms with E-state index in [0.29, 0.717) is 12.4 Å². The molecule has 0 saturated heterocycles. The highest BCUT2D eigenvalue weighted by atomic mass is 19.1. The number of rotatable bonds is 4. The van der Waals surface area contributed by atoms with Crippen molar-refractivity contribution in [3.63, 3.8) is 0 Å². The molecule has 1 unspecified atom stereocenters. The zero-order chi connectivity index (χ0) is 9.68. The van der Waals surface area contributed by atoms with Gasteiger partial charge in [-0.05, 0) is 19.1 Å². The van der Waals surface area contributed by atoms with Crippen LogP contribution in [0.1, 0.15) is 6.92 Å². The molecule has 3 heteroatoms. The van der Waals surface area contributed by atoms with Crippen LogP contribution in [0.3, 0.4) is 0 Å². The second kappa shape index (κ2) is 4.82. The summed E-state index contributed by atoms with van der Waals surface area (Å²) >= 11 is 0. The van der Waals surface area contributed by atoms with Gasteiger partial charge in [0, 0.05) is 13.2 Å². The molecule has 0 radical (unpaired) electrons. The van der Waals surface area contributed by atoms with E-state index in [1.165, 1.54) is 12.1 Å². The van der Waals surface area contributed by atoms with E-state index in [1.807, 2.05) is 6.92 Å². The van der Waals surface area contributed by atoms with Crippen molar-refractivity contribution in [1.29, 1.82) is 0 Å². The number of ether oxygens (including phenoxy) is 2. The molecule has 0 fully saturated rings. The van der Waals surface area contributed by atoms with Gasteiger partial charge in [-0.25, -0.2) is 4.39 Å². The monoisotopic (exact) mass is 184 g/mol. The van der Waals surface area contributed by atoms with Gasteiger partial charge in [0.15, 0.2) is 0 Å². The van der Waals surface area contributed by atoms with E-state index in [4.69, 9.17) is 9.47 Å². The Morgan fingerprint density at radius 2 is 2.23 bits per heavy atom. The molecule has 0 aliphatic heterocycles. The number of benzene rings is 1. The third kappa shape index (κ3) is 3.42. The molecule has 1 aromatic rings. The number of hydrogen-bond acceptors (Lipinski definition) is 2. The minimum Gasteiger partial charge on any atom is -0.488 e. The summed E-state index contributed by atoms with van der Waals surface area (Å²) in [6.07, 6.45) is -0.0631. The Kier molecular flexibility index (Phi) is 3.71. The largest absolute Gasteiger partial charge is 0.488 e. The molecule has 0 aliphatic rings. The number of hydrogen-bond donors (Lipinski definition) is 0.